The molecule has 0 spiro atoms. The van der Waals surface area contributed by atoms with E-state index < -0.39 is 0 Å². The van der Waals surface area contributed by atoms with Crippen molar-refractivity contribution < 1.29 is 4.79 Å². The Morgan fingerprint density at radius 3 is 2.50 bits per heavy atom. The first-order chi connectivity index (χ1) is 13.6. The lowest BCUT2D eigenvalue weighted by atomic mass is 10.1. The molecule has 150 valence electrons. The number of thioether (sulfide) groups is 1. The fourth-order valence-electron chi connectivity index (χ4n) is 4.26. The summed E-state index contributed by atoms with van der Waals surface area (Å²) in [5, 5.41) is 9.80. The maximum absolute atomic E-state index is 13.0. The van der Waals surface area contributed by atoms with Crippen molar-refractivity contribution in [2.75, 3.05) is 5.75 Å². The molecule has 0 aliphatic heterocycles. The van der Waals surface area contributed by atoms with Gasteiger partial charge in [0.05, 0.1) is 12.3 Å². The van der Waals surface area contributed by atoms with Crippen molar-refractivity contribution in [1.29, 1.82) is 0 Å². The molecule has 0 atom stereocenters. The number of benzene rings is 1. The Kier molecular flexibility index (Phi) is 6.04. The molecule has 6 heteroatoms. The van der Waals surface area contributed by atoms with Crippen LogP contribution in [0.2, 0.25) is 0 Å². The van der Waals surface area contributed by atoms with Gasteiger partial charge in [0.15, 0.2) is 5.16 Å². The third kappa shape index (κ3) is 4.43. The summed E-state index contributed by atoms with van der Waals surface area (Å²) in [6.07, 6.45) is 7.16. The van der Waals surface area contributed by atoms with Crippen LogP contribution in [0.1, 0.15) is 69.7 Å². The van der Waals surface area contributed by atoms with Gasteiger partial charge < -0.3 is 9.47 Å². The lowest BCUT2D eigenvalue weighted by molar-refractivity contribution is -0.132. The Morgan fingerprint density at radius 2 is 1.86 bits per heavy atom. The largest absolute Gasteiger partial charge is 0.337 e. The highest BCUT2D eigenvalue weighted by molar-refractivity contribution is 7.99. The van der Waals surface area contributed by atoms with Crippen molar-refractivity contribution in [2.24, 2.45) is 0 Å². The number of rotatable bonds is 8. The molecule has 1 amide bonds. The molecule has 2 aliphatic carbocycles. The van der Waals surface area contributed by atoms with Crippen molar-refractivity contribution in [2.45, 2.75) is 82.1 Å². The van der Waals surface area contributed by atoms with Crippen LogP contribution in [-0.4, -0.2) is 43.4 Å². The number of carbonyl (C=O) groups is 1. The van der Waals surface area contributed by atoms with Gasteiger partial charge in [0.25, 0.3) is 0 Å². The van der Waals surface area contributed by atoms with Crippen molar-refractivity contribution >= 4 is 17.7 Å². The molecular formula is C22H30N4OS. The first kappa shape index (κ1) is 19.5. The molecule has 0 radical (unpaired) electrons. The average molecular weight is 399 g/mol. The van der Waals surface area contributed by atoms with Gasteiger partial charge in [0.2, 0.25) is 5.91 Å². The standard InChI is InChI=1S/C22H30N4OS/c1-16(2)26(19-10-6-7-11-19)20(27)15-28-22-24-23-21(18-12-13-18)25(22)14-17-8-4-3-5-9-17/h3-5,8-9,16,18-19H,6-7,10-15H2,1-2H3. The topological polar surface area (TPSA) is 51.0 Å². The van der Waals surface area contributed by atoms with E-state index in [1.807, 2.05) is 6.07 Å². The summed E-state index contributed by atoms with van der Waals surface area (Å²) in [6, 6.07) is 11.1. The zero-order valence-corrected chi connectivity index (χ0v) is 17.7. The second kappa shape index (κ2) is 8.68. The molecule has 1 aromatic carbocycles. The molecule has 2 saturated carbocycles. The normalized spacial score (nSPS) is 17.4. The number of aromatic nitrogens is 3. The summed E-state index contributed by atoms with van der Waals surface area (Å²) < 4.78 is 2.22. The maximum Gasteiger partial charge on any atom is 0.233 e. The second-order valence-corrected chi connectivity index (χ2v) is 9.25. The smallest absolute Gasteiger partial charge is 0.233 e. The van der Waals surface area contributed by atoms with E-state index >= 15 is 0 Å². The predicted molar refractivity (Wildman–Crippen MR) is 113 cm³/mol. The minimum absolute atomic E-state index is 0.231. The van der Waals surface area contributed by atoms with Gasteiger partial charge in [0.1, 0.15) is 5.82 Å². The summed E-state index contributed by atoms with van der Waals surface area (Å²) in [5.41, 5.74) is 1.24. The van der Waals surface area contributed by atoms with Crippen LogP contribution in [0, 0.1) is 0 Å². The quantitative estimate of drug-likeness (QED) is 0.616. The Morgan fingerprint density at radius 1 is 1.14 bits per heavy atom. The van der Waals surface area contributed by atoms with Gasteiger partial charge in [-0.15, -0.1) is 10.2 Å². The third-order valence-electron chi connectivity index (χ3n) is 5.76. The van der Waals surface area contributed by atoms with Crippen LogP contribution in [0.25, 0.3) is 0 Å². The van der Waals surface area contributed by atoms with Crippen LogP contribution < -0.4 is 0 Å². The summed E-state index contributed by atoms with van der Waals surface area (Å²) in [6.45, 7) is 5.03. The van der Waals surface area contributed by atoms with Crippen LogP contribution in [0.5, 0.6) is 0 Å². The highest BCUT2D eigenvalue weighted by Crippen LogP contribution is 2.40. The first-order valence-electron chi connectivity index (χ1n) is 10.5. The number of amides is 1. The number of hydrogen-bond acceptors (Lipinski definition) is 4. The molecule has 0 saturated heterocycles. The van der Waals surface area contributed by atoms with Gasteiger partial charge in [-0.25, -0.2) is 0 Å². The van der Waals surface area contributed by atoms with Crippen LogP contribution >= 0.6 is 11.8 Å². The van der Waals surface area contributed by atoms with E-state index in [-0.39, 0.29) is 11.9 Å². The van der Waals surface area contributed by atoms with E-state index in [1.54, 1.807) is 11.8 Å². The fraction of sp³-hybridized carbons (Fsp3) is 0.591. The molecule has 2 fully saturated rings. The predicted octanol–water partition coefficient (Wildman–Crippen LogP) is 4.48. The number of hydrogen-bond donors (Lipinski definition) is 0. The minimum Gasteiger partial charge on any atom is -0.337 e. The van der Waals surface area contributed by atoms with Gasteiger partial charge in [-0.05, 0) is 45.1 Å². The summed E-state index contributed by atoms with van der Waals surface area (Å²) in [7, 11) is 0. The van der Waals surface area contributed by atoms with Crippen molar-refractivity contribution in [3.05, 3.63) is 41.7 Å². The van der Waals surface area contributed by atoms with E-state index in [4.69, 9.17) is 0 Å². The number of carbonyl (C=O) groups excluding carboxylic acids is 1. The van der Waals surface area contributed by atoms with E-state index in [0.29, 0.717) is 17.7 Å². The average Bonchev–Trinajstić information content (AvgIpc) is 3.24. The summed E-state index contributed by atoms with van der Waals surface area (Å²) in [4.78, 5) is 15.1. The lowest BCUT2D eigenvalue weighted by Gasteiger charge is -2.32. The highest BCUT2D eigenvalue weighted by atomic mass is 32.2. The van der Waals surface area contributed by atoms with E-state index in [1.165, 1.54) is 31.2 Å². The van der Waals surface area contributed by atoms with Gasteiger partial charge in [-0.3, -0.25) is 4.79 Å². The van der Waals surface area contributed by atoms with Crippen LogP contribution in [0.3, 0.4) is 0 Å². The van der Waals surface area contributed by atoms with Crippen molar-refractivity contribution in [1.82, 2.24) is 19.7 Å². The van der Waals surface area contributed by atoms with Crippen molar-refractivity contribution in [3.63, 3.8) is 0 Å². The van der Waals surface area contributed by atoms with E-state index in [9.17, 15) is 4.79 Å². The van der Waals surface area contributed by atoms with Gasteiger partial charge >= 0.3 is 0 Å². The highest BCUT2D eigenvalue weighted by Gasteiger charge is 2.32. The second-order valence-electron chi connectivity index (χ2n) is 8.31. The molecular weight excluding hydrogens is 368 g/mol. The van der Waals surface area contributed by atoms with Crippen LogP contribution in [0.15, 0.2) is 35.5 Å². The Balaban J connectivity index is 1.47. The summed E-state index contributed by atoms with van der Waals surface area (Å²) >= 11 is 1.54. The minimum atomic E-state index is 0.231. The number of nitrogens with zero attached hydrogens (tertiary/aromatic N) is 4. The lowest BCUT2D eigenvalue weighted by Crippen LogP contribution is -2.44. The fourth-order valence-corrected chi connectivity index (χ4v) is 5.08. The first-order valence-corrected chi connectivity index (χ1v) is 11.5. The summed E-state index contributed by atoms with van der Waals surface area (Å²) in [5.74, 6) is 2.28. The Labute approximate surface area is 171 Å². The van der Waals surface area contributed by atoms with Gasteiger partial charge in [0, 0.05) is 18.0 Å². The Hall–Kier alpha value is -1.82. The monoisotopic (exact) mass is 398 g/mol. The van der Waals surface area contributed by atoms with Crippen LogP contribution in [0.4, 0.5) is 0 Å². The molecule has 0 N–H and O–H groups in total. The molecule has 1 heterocycles. The van der Waals surface area contributed by atoms with Gasteiger partial charge in [-0.1, -0.05) is 54.9 Å². The molecule has 28 heavy (non-hydrogen) atoms. The van der Waals surface area contributed by atoms with E-state index in [2.05, 4.69) is 57.8 Å². The molecule has 4 rings (SSSR count). The molecule has 5 nitrogen and oxygen atoms in total. The molecule has 0 bridgehead atoms. The maximum atomic E-state index is 13.0. The zero-order chi connectivity index (χ0) is 19.5. The third-order valence-corrected chi connectivity index (χ3v) is 6.71. The van der Waals surface area contributed by atoms with Crippen molar-refractivity contribution in [3.8, 4) is 0 Å². The Bertz CT molecular complexity index is 794. The van der Waals surface area contributed by atoms with Gasteiger partial charge in [-0.2, -0.15) is 0 Å². The molecule has 2 aromatic rings. The zero-order valence-electron chi connectivity index (χ0n) is 16.9. The molecule has 1 aromatic heterocycles. The molecule has 0 unspecified atom stereocenters. The van der Waals surface area contributed by atoms with E-state index in [0.717, 1.165) is 30.4 Å². The van der Waals surface area contributed by atoms with Crippen LogP contribution in [-0.2, 0) is 11.3 Å². The SMILES string of the molecule is CC(C)N(C(=O)CSc1nnc(C2CC2)n1Cc1ccccc1)C1CCCC1. The molecule has 2 aliphatic rings.